The lowest BCUT2D eigenvalue weighted by molar-refractivity contribution is -0.124. The fourth-order valence-electron chi connectivity index (χ4n) is 5.53. The van der Waals surface area contributed by atoms with Crippen molar-refractivity contribution in [3.05, 3.63) is 47.9 Å². The largest absolute Gasteiger partial charge is 0.381 e. The minimum Gasteiger partial charge on any atom is -0.381 e. The molecular weight excluding hydrogens is 446 g/mol. The zero-order chi connectivity index (χ0) is 24.4. The number of aromatic nitrogens is 2. The van der Waals surface area contributed by atoms with Gasteiger partial charge in [0.1, 0.15) is 11.9 Å². The molecule has 3 aliphatic rings. The monoisotopic (exact) mass is 477 g/mol. The predicted molar refractivity (Wildman–Crippen MR) is 130 cm³/mol. The summed E-state index contributed by atoms with van der Waals surface area (Å²) in [4.78, 5) is 47.6. The van der Waals surface area contributed by atoms with Crippen LogP contribution in [0.25, 0.3) is 0 Å². The molecule has 1 saturated heterocycles. The highest BCUT2D eigenvalue weighted by Gasteiger charge is 2.48. The van der Waals surface area contributed by atoms with Gasteiger partial charge in [-0.2, -0.15) is 0 Å². The van der Waals surface area contributed by atoms with Crippen molar-refractivity contribution in [3.8, 4) is 0 Å². The Balaban J connectivity index is 1.35. The van der Waals surface area contributed by atoms with Crippen molar-refractivity contribution in [2.45, 2.75) is 56.9 Å². The predicted octanol–water partition coefficient (Wildman–Crippen LogP) is 3.04. The molecule has 35 heavy (non-hydrogen) atoms. The molecule has 0 aromatic carbocycles. The molecule has 1 spiro atoms. The molecule has 4 heterocycles. The number of nitrogens with zero attached hydrogens (tertiary/aromatic N) is 2. The second kappa shape index (κ2) is 9.73. The second-order valence-electron chi connectivity index (χ2n) is 9.97. The van der Waals surface area contributed by atoms with Crippen LogP contribution in [0.4, 0.5) is 11.5 Å². The number of hydrogen-bond acceptors (Lipinski definition) is 6. The Bertz CT molecular complexity index is 1110. The summed E-state index contributed by atoms with van der Waals surface area (Å²) < 4.78 is 5.45. The van der Waals surface area contributed by atoms with Gasteiger partial charge in [0.2, 0.25) is 11.8 Å². The third-order valence-corrected chi connectivity index (χ3v) is 7.72. The van der Waals surface area contributed by atoms with Crippen molar-refractivity contribution < 1.29 is 19.1 Å². The molecule has 1 atom stereocenters. The summed E-state index contributed by atoms with van der Waals surface area (Å²) in [6.45, 7) is 3.28. The zero-order valence-electron chi connectivity index (χ0n) is 19.9. The molecule has 2 fully saturated rings. The van der Waals surface area contributed by atoms with E-state index in [1.54, 1.807) is 30.6 Å². The van der Waals surface area contributed by atoms with Crippen molar-refractivity contribution in [1.29, 1.82) is 0 Å². The molecule has 0 radical (unpaired) electrons. The number of carbonyl (C=O) groups excluding carboxylic acids is 3. The van der Waals surface area contributed by atoms with Gasteiger partial charge in [-0.3, -0.25) is 19.4 Å². The van der Waals surface area contributed by atoms with E-state index < -0.39 is 11.5 Å². The van der Waals surface area contributed by atoms with Gasteiger partial charge in [-0.1, -0.05) is 19.8 Å². The first-order chi connectivity index (χ1) is 17.0. The number of rotatable bonds is 5. The maximum absolute atomic E-state index is 13.4. The molecule has 3 N–H and O–H groups in total. The van der Waals surface area contributed by atoms with E-state index in [2.05, 4.69) is 32.8 Å². The molecule has 0 bridgehead atoms. The second-order valence-corrected chi connectivity index (χ2v) is 9.97. The maximum Gasteiger partial charge on any atom is 0.253 e. The van der Waals surface area contributed by atoms with Crippen molar-refractivity contribution >= 4 is 29.2 Å². The van der Waals surface area contributed by atoms with Gasteiger partial charge in [0, 0.05) is 43.4 Å². The number of carbonyl (C=O) groups is 3. The van der Waals surface area contributed by atoms with Crippen LogP contribution < -0.4 is 16.0 Å². The van der Waals surface area contributed by atoms with Crippen molar-refractivity contribution in [1.82, 2.24) is 15.3 Å². The number of amides is 3. The lowest BCUT2D eigenvalue weighted by Gasteiger charge is -2.32. The smallest absolute Gasteiger partial charge is 0.253 e. The highest BCUT2D eigenvalue weighted by molar-refractivity contribution is 6.07. The molecule has 5 rings (SSSR count). The van der Waals surface area contributed by atoms with Crippen molar-refractivity contribution in [2.24, 2.45) is 11.8 Å². The van der Waals surface area contributed by atoms with E-state index in [9.17, 15) is 14.4 Å². The van der Waals surface area contributed by atoms with Gasteiger partial charge in [0.15, 0.2) is 0 Å². The Labute approximate surface area is 204 Å². The van der Waals surface area contributed by atoms with Crippen molar-refractivity contribution in [2.75, 3.05) is 23.8 Å². The highest BCUT2D eigenvalue weighted by Crippen LogP contribution is 2.44. The van der Waals surface area contributed by atoms with Crippen LogP contribution in [0, 0.1) is 11.8 Å². The number of nitrogens with one attached hydrogen (secondary N) is 3. The van der Waals surface area contributed by atoms with E-state index >= 15 is 0 Å². The third-order valence-electron chi connectivity index (χ3n) is 7.72. The standard InChI is InChI=1S/C26H31N5O4/c1-16-4-6-17(7-5-16)22(31-23(32)18-3-2-10-27-14-18)24(33)30-21-13-20-19(15-28-21)26(25(34)29-20)8-11-35-12-9-26/h2-3,10,13-17,22H,4-9,11-12H2,1H3,(H,29,34)(H,31,32)(H,28,30,33)/t16-,17-,22-/m0/s1. The molecule has 9 nitrogen and oxygen atoms in total. The molecule has 9 heteroatoms. The minimum atomic E-state index is -0.693. The van der Waals surface area contributed by atoms with Gasteiger partial charge in [0.25, 0.3) is 5.91 Å². The lowest BCUT2D eigenvalue weighted by atomic mass is 9.76. The normalized spacial score (nSPS) is 23.7. The number of pyridine rings is 2. The summed E-state index contributed by atoms with van der Waals surface area (Å²) in [6, 6.07) is 4.39. The van der Waals surface area contributed by atoms with Gasteiger partial charge in [0.05, 0.1) is 16.7 Å². The molecule has 2 aromatic heterocycles. The minimum absolute atomic E-state index is 0.0338. The number of hydrogen-bond donors (Lipinski definition) is 3. The van der Waals surface area contributed by atoms with Crippen LogP contribution >= 0.6 is 0 Å². The fourth-order valence-corrected chi connectivity index (χ4v) is 5.53. The van der Waals surface area contributed by atoms with Gasteiger partial charge in [-0.15, -0.1) is 0 Å². The van der Waals surface area contributed by atoms with Crippen LogP contribution in [-0.4, -0.2) is 46.9 Å². The zero-order valence-corrected chi connectivity index (χ0v) is 19.9. The first-order valence-electron chi connectivity index (χ1n) is 12.4. The summed E-state index contributed by atoms with van der Waals surface area (Å²) in [6.07, 6.45) is 9.77. The molecule has 1 saturated carbocycles. The van der Waals surface area contributed by atoms with Crippen LogP contribution in [-0.2, 0) is 19.7 Å². The molecular formula is C26H31N5O4. The van der Waals surface area contributed by atoms with Gasteiger partial charge < -0.3 is 20.7 Å². The van der Waals surface area contributed by atoms with E-state index in [1.807, 2.05) is 0 Å². The van der Waals surface area contributed by atoms with Crippen LogP contribution in [0.3, 0.4) is 0 Å². The maximum atomic E-state index is 13.4. The van der Waals surface area contributed by atoms with Gasteiger partial charge in [-0.05, 0) is 49.7 Å². The van der Waals surface area contributed by atoms with Crippen LogP contribution in [0.15, 0.2) is 36.8 Å². The number of fused-ring (bicyclic) bond motifs is 2. The molecule has 1 aliphatic carbocycles. The molecule has 2 aliphatic heterocycles. The Morgan fingerprint density at radius 2 is 1.94 bits per heavy atom. The summed E-state index contributed by atoms with van der Waals surface area (Å²) >= 11 is 0. The SMILES string of the molecule is C[C@H]1CC[C@H]([C@H](NC(=O)c2cccnc2)C(=O)Nc2cc3c(cn2)C2(CCOCC2)C(=O)N3)CC1. The summed E-state index contributed by atoms with van der Waals surface area (Å²) in [5.41, 5.74) is 1.33. The average Bonchev–Trinajstić information content (AvgIpc) is 3.13. The lowest BCUT2D eigenvalue weighted by Crippen LogP contribution is -2.49. The Hall–Kier alpha value is -3.33. The fraction of sp³-hybridized carbons (Fsp3) is 0.500. The molecule has 0 unspecified atom stereocenters. The summed E-state index contributed by atoms with van der Waals surface area (Å²) in [5, 5.41) is 8.79. The first kappa shape index (κ1) is 23.4. The quantitative estimate of drug-likeness (QED) is 0.608. The molecule has 2 aromatic rings. The summed E-state index contributed by atoms with van der Waals surface area (Å²) in [5.74, 6) is 0.323. The third kappa shape index (κ3) is 4.65. The number of ether oxygens (including phenoxy) is 1. The van der Waals surface area contributed by atoms with E-state index in [-0.39, 0.29) is 23.6 Å². The number of anilines is 2. The molecule has 3 amide bonds. The Morgan fingerprint density at radius 1 is 1.17 bits per heavy atom. The average molecular weight is 478 g/mol. The summed E-state index contributed by atoms with van der Waals surface area (Å²) in [7, 11) is 0. The Morgan fingerprint density at radius 3 is 2.66 bits per heavy atom. The van der Waals surface area contributed by atoms with Gasteiger partial charge in [-0.25, -0.2) is 4.98 Å². The van der Waals surface area contributed by atoms with E-state index in [0.29, 0.717) is 49.0 Å². The van der Waals surface area contributed by atoms with Crippen molar-refractivity contribution in [3.63, 3.8) is 0 Å². The molecule has 184 valence electrons. The van der Waals surface area contributed by atoms with Gasteiger partial charge >= 0.3 is 0 Å². The topological polar surface area (TPSA) is 122 Å². The van der Waals surface area contributed by atoms with Crippen LogP contribution in [0.1, 0.15) is 61.4 Å². The van der Waals surface area contributed by atoms with Crippen LogP contribution in [0.5, 0.6) is 0 Å². The van der Waals surface area contributed by atoms with Crippen LogP contribution in [0.2, 0.25) is 0 Å². The highest BCUT2D eigenvalue weighted by atomic mass is 16.5. The Kier molecular flexibility index (Phi) is 6.51. The van der Waals surface area contributed by atoms with E-state index in [1.165, 1.54) is 6.20 Å². The van der Waals surface area contributed by atoms with E-state index in [4.69, 9.17) is 4.74 Å². The first-order valence-corrected chi connectivity index (χ1v) is 12.4. The van der Waals surface area contributed by atoms with E-state index in [0.717, 1.165) is 31.2 Å².